The molecule has 0 heterocycles. The van der Waals surface area contributed by atoms with Gasteiger partial charge in [-0.15, -0.1) is 0 Å². The zero-order valence-corrected chi connectivity index (χ0v) is 16.8. The molecule has 0 bridgehead atoms. The minimum absolute atomic E-state index is 0.0338. The monoisotopic (exact) mass is 400 g/mol. The molecule has 8 heteroatoms. The van der Waals surface area contributed by atoms with Crippen LogP contribution in [-0.2, 0) is 9.47 Å². The number of carbonyl (C=O) groups is 2. The van der Waals surface area contributed by atoms with Crippen LogP contribution >= 0.6 is 11.6 Å². The van der Waals surface area contributed by atoms with Crippen molar-refractivity contribution in [2.45, 2.75) is 64.1 Å². The number of hydrogen-bond donors (Lipinski definition) is 2. The van der Waals surface area contributed by atoms with Crippen LogP contribution in [0.1, 0.15) is 56.8 Å². The molecule has 0 radical (unpaired) electrons. The fourth-order valence-corrected chi connectivity index (χ4v) is 3.17. The molecule has 0 aliphatic heterocycles. The zero-order valence-electron chi connectivity index (χ0n) is 16.0. The van der Waals surface area contributed by atoms with Crippen molar-refractivity contribution >= 4 is 29.4 Å². The van der Waals surface area contributed by atoms with Crippen LogP contribution in [0.3, 0.4) is 0 Å². The normalized spacial score (nSPS) is 19.9. The predicted octanol–water partition coefficient (Wildman–Crippen LogP) is 4.51. The molecule has 0 aromatic heterocycles. The van der Waals surface area contributed by atoms with Gasteiger partial charge in [0.05, 0.1) is 23.4 Å². The number of halogens is 2. The average Bonchev–Trinajstić information content (AvgIpc) is 2.58. The summed E-state index contributed by atoms with van der Waals surface area (Å²) in [6.45, 7) is 5.45. The third kappa shape index (κ3) is 6.27. The Kier molecular flexibility index (Phi) is 6.92. The number of nitrogens with one attached hydrogen (secondary N) is 2. The molecule has 1 amide bonds. The van der Waals surface area contributed by atoms with E-state index in [1.807, 2.05) is 20.8 Å². The number of carbonyl (C=O) groups excluding carboxylic acids is 2. The predicted molar refractivity (Wildman–Crippen MR) is 102 cm³/mol. The highest BCUT2D eigenvalue weighted by Gasteiger charge is 2.25. The van der Waals surface area contributed by atoms with Gasteiger partial charge in [-0.2, -0.15) is 0 Å². The molecule has 1 aromatic carbocycles. The van der Waals surface area contributed by atoms with Gasteiger partial charge in [-0.05, 0) is 58.6 Å². The molecular formula is C19H26ClFN2O4. The Hall–Kier alpha value is -2.02. The molecule has 150 valence electrons. The van der Waals surface area contributed by atoms with E-state index in [0.29, 0.717) is 5.69 Å². The Labute approximate surface area is 163 Å². The Balaban J connectivity index is 1.93. The van der Waals surface area contributed by atoms with Crippen molar-refractivity contribution < 1.29 is 23.5 Å². The van der Waals surface area contributed by atoms with Crippen molar-refractivity contribution in [1.29, 1.82) is 0 Å². The van der Waals surface area contributed by atoms with E-state index in [-0.39, 0.29) is 22.7 Å². The molecule has 0 spiro atoms. The van der Waals surface area contributed by atoms with Crippen molar-refractivity contribution in [3.05, 3.63) is 28.5 Å². The standard InChI is InChI=1S/C19H26ClFN2O4/c1-19(2,3)27-18(25)23-13-7-5-12(6-8-13)22-15-10-11(17(24)26-4)9-14(21)16(15)20/h9-10,12-13,22H,5-8H2,1-4H3,(H,23,25)/t12-,13-. The van der Waals surface area contributed by atoms with E-state index in [0.717, 1.165) is 31.7 Å². The van der Waals surface area contributed by atoms with Gasteiger partial charge >= 0.3 is 12.1 Å². The maximum atomic E-state index is 14.0. The molecule has 2 rings (SSSR count). The summed E-state index contributed by atoms with van der Waals surface area (Å²) in [5.41, 5.74) is -0.0725. The minimum atomic E-state index is -0.678. The number of hydrogen-bond acceptors (Lipinski definition) is 5. The summed E-state index contributed by atoms with van der Waals surface area (Å²) in [6, 6.07) is 2.64. The second-order valence-corrected chi connectivity index (χ2v) is 8.03. The molecule has 1 aromatic rings. The fourth-order valence-electron chi connectivity index (χ4n) is 3.01. The van der Waals surface area contributed by atoms with Crippen molar-refractivity contribution in [3.63, 3.8) is 0 Å². The molecule has 1 aliphatic rings. The van der Waals surface area contributed by atoms with Crippen LogP contribution in [0.5, 0.6) is 0 Å². The number of benzene rings is 1. The van der Waals surface area contributed by atoms with Gasteiger partial charge in [-0.3, -0.25) is 0 Å². The second-order valence-electron chi connectivity index (χ2n) is 7.65. The number of anilines is 1. The average molecular weight is 401 g/mol. The van der Waals surface area contributed by atoms with Gasteiger partial charge in [0.2, 0.25) is 0 Å². The third-order valence-corrected chi connectivity index (χ3v) is 4.64. The zero-order chi connectivity index (χ0) is 20.2. The summed E-state index contributed by atoms with van der Waals surface area (Å²) in [6.07, 6.45) is 2.62. The molecule has 1 aliphatic carbocycles. The maximum Gasteiger partial charge on any atom is 0.407 e. The second kappa shape index (κ2) is 8.78. The molecule has 1 saturated carbocycles. The highest BCUT2D eigenvalue weighted by molar-refractivity contribution is 6.33. The lowest BCUT2D eigenvalue weighted by Gasteiger charge is -2.31. The third-order valence-electron chi connectivity index (χ3n) is 4.26. The molecule has 1 fully saturated rings. The number of alkyl carbamates (subject to hydrolysis) is 1. The fraction of sp³-hybridized carbons (Fsp3) is 0.579. The van der Waals surface area contributed by atoms with Gasteiger partial charge < -0.3 is 20.1 Å². The molecule has 27 heavy (non-hydrogen) atoms. The number of amides is 1. The first kappa shape index (κ1) is 21.3. The van der Waals surface area contributed by atoms with Crippen molar-refractivity contribution in [1.82, 2.24) is 5.32 Å². The number of ether oxygens (including phenoxy) is 2. The summed E-state index contributed by atoms with van der Waals surface area (Å²) in [5, 5.41) is 6.01. The molecule has 0 saturated heterocycles. The molecule has 6 nitrogen and oxygen atoms in total. The van der Waals surface area contributed by atoms with Crippen LogP contribution in [0, 0.1) is 5.82 Å². The molecule has 2 N–H and O–H groups in total. The smallest absolute Gasteiger partial charge is 0.407 e. The van der Waals surface area contributed by atoms with Crippen molar-refractivity contribution in [3.8, 4) is 0 Å². The summed E-state index contributed by atoms with van der Waals surface area (Å²) in [7, 11) is 1.24. The molecule has 0 unspecified atom stereocenters. The van der Waals surface area contributed by atoms with Crippen LogP contribution in [0.2, 0.25) is 5.02 Å². The summed E-state index contributed by atoms with van der Waals surface area (Å²) in [4.78, 5) is 23.5. The van der Waals surface area contributed by atoms with Gasteiger partial charge in [-0.1, -0.05) is 11.6 Å². The van der Waals surface area contributed by atoms with E-state index in [2.05, 4.69) is 15.4 Å². The van der Waals surface area contributed by atoms with Crippen molar-refractivity contribution in [2.24, 2.45) is 0 Å². The van der Waals surface area contributed by atoms with Crippen LogP contribution in [0.4, 0.5) is 14.9 Å². The van der Waals surface area contributed by atoms with E-state index >= 15 is 0 Å². The van der Waals surface area contributed by atoms with Crippen molar-refractivity contribution in [2.75, 3.05) is 12.4 Å². The lowest BCUT2D eigenvalue weighted by molar-refractivity contribution is 0.0491. The van der Waals surface area contributed by atoms with E-state index < -0.39 is 23.5 Å². The number of rotatable bonds is 4. The van der Waals surface area contributed by atoms with Gasteiger partial charge in [0.1, 0.15) is 11.4 Å². The van der Waals surface area contributed by atoms with E-state index in [1.165, 1.54) is 13.2 Å². The van der Waals surface area contributed by atoms with Crippen LogP contribution in [0.25, 0.3) is 0 Å². The summed E-state index contributed by atoms with van der Waals surface area (Å²) >= 11 is 6.03. The maximum absolute atomic E-state index is 14.0. The number of methoxy groups -OCH3 is 1. The minimum Gasteiger partial charge on any atom is -0.465 e. The first-order chi connectivity index (χ1) is 12.6. The summed E-state index contributed by atoms with van der Waals surface area (Å²) < 4.78 is 23.9. The number of esters is 1. The van der Waals surface area contributed by atoms with Gasteiger partial charge in [-0.25, -0.2) is 14.0 Å². The van der Waals surface area contributed by atoms with Gasteiger partial charge in [0, 0.05) is 12.1 Å². The molecular weight excluding hydrogens is 375 g/mol. The Bertz CT molecular complexity index is 698. The SMILES string of the molecule is COC(=O)c1cc(F)c(Cl)c(N[C@H]2CC[C@H](NC(=O)OC(C)(C)C)CC2)c1. The highest BCUT2D eigenvalue weighted by Crippen LogP contribution is 2.30. The van der Waals surface area contributed by atoms with Gasteiger partial charge in [0.25, 0.3) is 0 Å². The lowest BCUT2D eigenvalue weighted by atomic mass is 9.91. The van der Waals surface area contributed by atoms with E-state index in [4.69, 9.17) is 16.3 Å². The van der Waals surface area contributed by atoms with E-state index in [9.17, 15) is 14.0 Å². The summed E-state index contributed by atoms with van der Waals surface area (Å²) in [5.74, 6) is -1.30. The lowest BCUT2D eigenvalue weighted by Crippen LogP contribution is -2.42. The van der Waals surface area contributed by atoms with Gasteiger partial charge in [0.15, 0.2) is 0 Å². The van der Waals surface area contributed by atoms with E-state index in [1.54, 1.807) is 0 Å². The van der Waals surface area contributed by atoms with Crippen LogP contribution in [0.15, 0.2) is 12.1 Å². The molecule has 0 atom stereocenters. The first-order valence-electron chi connectivity index (χ1n) is 8.92. The topological polar surface area (TPSA) is 76.7 Å². The highest BCUT2D eigenvalue weighted by atomic mass is 35.5. The first-order valence-corrected chi connectivity index (χ1v) is 9.30. The Morgan fingerprint density at radius 3 is 2.30 bits per heavy atom. The Morgan fingerprint density at radius 1 is 1.15 bits per heavy atom. The van der Waals surface area contributed by atoms with Crippen LogP contribution in [-0.4, -0.2) is 36.9 Å². The largest absolute Gasteiger partial charge is 0.465 e. The van der Waals surface area contributed by atoms with Crippen LogP contribution < -0.4 is 10.6 Å². The quantitative estimate of drug-likeness (QED) is 0.727. The Morgan fingerprint density at radius 2 is 1.74 bits per heavy atom.